The van der Waals surface area contributed by atoms with E-state index in [9.17, 15) is 0 Å². The van der Waals surface area contributed by atoms with Gasteiger partial charge >= 0.3 is 0 Å². The Kier molecular flexibility index (Phi) is 2.86. The summed E-state index contributed by atoms with van der Waals surface area (Å²) in [5.41, 5.74) is 5.37. The van der Waals surface area contributed by atoms with Gasteiger partial charge in [-0.2, -0.15) is 0 Å². The smallest absolute Gasteiger partial charge is 0.0253 e. The van der Waals surface area contributed by atoms with E-state index in [1.54, 1.807) is 0 Å². The maximum Gasteiger partial charge on any atom is 0.0253 e. The predicted octanol–water partition coefficient (Wildman–Crippen LogP) is 5.08. The molecule has 0 saturated carbocycles. The summed E-state index contributed by atoms with van der Waals surface area (Å²) in [6.45, 7) is 0. The normalized spacial score (nSPS) is 13.5. The Hall–Kier alpha value is -1.34. The van der Waals surface area contributed by atoms with Crippen molar-refractivity contribution in [2.75, 3.05) is 0 Å². The van der Waals surface area contributed by atoms with E-state index in [4.69, 9.17) is 0 Å². The Bertz CT molecular complexity index is 582. The van der Waals surface area contributed by atoms with Crippen LogP contribution in [0.5, 0.6) is 0 Å². The van der Waals surface area contributed by atoms with E-state index in [0.717, 1.165) is 4.47 Å². The molecule has 0 spiro atoms. The molecule has 1 aliphatic carbocycles. The number of hydrogen-bond acceptors (Lipinski definition) is 0. The minimum absolute atomic E-state index is 1.15. The van der Waals surface area contributed by atoms with Crippen LogP contribution in [0.1, 0.15) is 17.5 Å². The minimum Gasteiger partial charge on any atom is -0.0836 e. The number of allylic oxidation sites excluding steroid dienone is 1. The first kappa shape index (κ1) is 10.8. The van der Waals surface area contributed by atoms with Gasteiger partial charge in [-0.15, -0.1) is 0 Å². The Morgan fingerprint density at radius 3 is 2.76 bits per heavy atom. The molecule has 0 fully saturated rings. The summed E-state index contributed by atoms with van der Waals surface area (Å²) in [6.07, 6.45) is 6.83. The molecule has 0 amide bonds. The van der Waals surface area contributed by atoms with Crippen LogP contribution in [0.2, 0.25) is 0 Å². The summed E-state index contributed by atoms with van der Waals surface area (Å²) in [5.74, 6) is 0. The van der Waals surface area contributed by atoms with Crippen molar-refractivity contribution in [3.63, 3.8) is 0 Å². The molecule has 0 nitrogen and oxygen atoms in total. The lowest BCUT2D eigenvalue weighted by molar-refractivity contribution is 0.986. The number of aryl methyl sites for hydroxylation is 1. The highest BCUT2D eigenvalue weighted by atomic mass is 79.9. The van der Waals surface area contributed by atoms with Gasteiger partial charge < -0.3 is 0 Å². The topological polar surface area (TPSA) is 0 Å². The highest BCUT2D eigenvalue weighted by molar-refractivity contribution is 9.10. The predicted molar refractivity (Wildman–Crippen MR) is 76.9 cm³/mol. The second kappa shape index (κ2) is 4.50. The van der Waals surface area contributed by atoms with Crippen LogP contribution >= 0.6 is 15.9 Å². The fourth-order valence-corrected chi connectivity index (χ4v) is 2.80. The van der Waals surface area contributed by atoms with Crippen molar-refractivity contribution in [2.24, 2.45) is 0 Å². The molecule has 1 heteroatoms. The molecule has 1 aliphatic rings. The van der Waals surface area contributed by atoms with Crippen molar-refractivity contribution >= 4 is 22.0 Å². The van der Waals surface area contributed by atoms with E-state index in [2.05, 4.69) is 64.5 Å². The number of hydrogen-bond donors (Lipinski definition) is 0. The third-order valence-corrected chi connectivity index (χ3v) is 3.90. The molecule has 0 bridgehead atoms. The van der Waals surface area contributed by atoms with Crippen molar-refractivity contribution in [2.45, 2.75) is 12.8 Å². The maximum atomic E-state index is 3.61. The Balaban J connectivity index is 2.12. The summed E-state index contributed by atoms with van der Waals surface area (Å²) in [5, 5.41) is 0. The third-order valence-electron chi connectivity index (χ3n) is 3.21. The Labute approximate surface area is 110 Å². The van der Waals surface area contributed by atoms with Gasteiger partial charge in [0.1, 0.15) is 0 Å². The van der Waals surface area contributed by atoms with E-state index in [1.165, 1.54) is 35.1 Å². The van der Waals surface area contributed by atoms with E-state index >= 15 is 0 Å². The molecule has 0 unspecified atom stereocenters. The summed E-state index contributed by atoms with van der Waals surface area (Å²) in [6, 6.07) is 15.1. The van der Waals surface area contributed by atoms with Gasteiger partial charge in [0, 0.05) is 4.47 Å². The molecule has 2 aromatic carbocycles. The van der Waals surface area contributed by atoms with E-state index in [-0.39, 0.29) is 0 Å². The van der Waals surface area contributed by atoms with Gasteiger partial charge in [-0.3, -0.25) is 0 Å². The molecule has 0 aromatic heterocycles. The highest BCUT2D eigenvalue weighted by Crippen LogP contribution is 2.31. The SMILES string of the molecule is Brc1ccccc1-c1ccc2c(c1)C=CCC2. The van der Waals surface area contributed by atoms with Gasteiger partial charge in [-0.05, 0) is 47.2 Å². The average molecular weight is 285 g/mol. The Morgan fingerprint density at radius 2 is 1.88 bits per heavy atom. The van der Waals surface area contributed by atoms with Gasteiger partial charge in [0.05, 0.1) is 0 Å². The van der Waals surface area contributed by atoms with Crippen LogP contribution in [0.15, 0.2) is 53.0 Å². The van der Waals surface area contributed by atoms with Crippen molar-refractivity contribution in [1.29, 1.82) is 0 Å². The second-order valence-electron chi connectivity index (χ2n) is 4.33. The molecule has 0 N–H and O–H groups in total. The lowest BCUT2D eigenvalue weighted by Crippen LogP contribution is -1.94. The van der Waals surface area contributed by atoms with E-state index in [0.29, 0.717) is 0 Å². The molecule has 0 aliphatic heterocycles. The van der Waals surface area contributed by atoms with Crippen molar-refractivity contribution in [3.05, 3.63) is 64.1 Å². The monoisotopic (exact) mass is 284 g/mol. The number of rotatable bonds is 1. The molecule has 0 atom stereocenters. The lowest BCUT2D eigenvalue weighted by atomic mass is 9.93. The second-order valence-corrected chi connectivity index (χ2v) is 5.19. The fourth-order valence-electron chi connectivity index (χ4n) is 2.29. The quantitative estimate of drug-likeness (QED) is 0.685. The largest absolute Gasteiger partial charge is 0.0836 e. The van der Waals surface area contributed by atoms with Gasteiger partial charge in [0.15, 0.2) is 0 Å². The van der Waals surface area contributed by atoms with Gasteiger partial charge in [0.25, 0.3) is 0 Å². The first-order chi connectivity index (χ1) is 8.34. The fraction of sp³-hybridized carbons (Fsp3) is 0.125. The first-order valence-corrected chi connectivity index (χ1v) is 6.68. The molecule has 2 aromatic rings. The van der Waals surface area contributed by atoms with Crippen molar-refractivity contribution in [1.82, 2.24) is 0 Å². The molecule has 0 heterocycles. The molecule has 17 heavy (non-hydrogen) atoms. The van der Waals surface area contributed by atoms with E-state index in [1.807, 2.05) is 6.07 Å². The summed E-state index contributed by atoms with van der Waals surface area (Å²) in [4.78, 5) is 0. The Morgan fingerprint density at radius 1 is 1.00 bits per heavy atom. The lowest BCUT2D eigenvalue weighted by Gasteiger charge is -2.12. The number of halogens is 1. The van der Waals surface area contributed by atoms with Gasteiger partial charge in [-0.1, -0.05) is 58.4 Å². The first-order valence-electron chi connectivity index (χ1n) is 5.89. The van der Waals surface area contributed by atoms with Crippen LogP contribution < -0.4 is 0 Å². The van der Waals surface area contributed by atoms with Gasteiger partial charge in [-0.25, -0.2) is 0 Å². The summed E-state index contributed by atoms with van der Waals surface area (Å²) < 4.78 is 1.15. The zero-order valence-corrected chi connectivity index (χ0v) is 11.1. The zero-order chi connectivity index (χ0) is 11.7. The number of fused-ring (bicyclic) bond motifs is 1. The van der Waals surface area contributed by atoms with Crippen LogP contribution in [-0.2, 0) is 6.42 Å². The third kappa shape index (κ3) is 2.07. The van der Waals surface area contributed by atoms with Crippen molar-refractivity contribution in [3.8, 4) is 11.1 Å². The highest BCUT2D eigenvalue weighted by Gasteiger charge is 2.07. The minimum atomic E-state index is 1.15. The molecular formula is C16H13Br. The average Bonchev–Trinajstić information content (AvgIpc) is 2.39. The molecule has 3 rings (SSSR count). The van der Waals surface area contributed by atoms with Gasteiger partial charge in [0.2, 0.25) is 0 Å². The van der Waals surface area contributed by atoms with Crippen molar-refractivity contribution < 1.29 is 0 Å². The standard InChI is InChI=1S/C16H13Br/c17-16-8-4-3-7-15(16)14-10-9-12-5-1-2-6-13(12)11-14/h2-4,6-11H,1,5H2. The molecule has 0 saturated heterocycles. The summed E-state index contributed by atoms with van der Waals surface area (Å²) >= 11 is 3.61. The molecule has 84 valence electrons. The molecule has 0 radical (unpaired) electrons. The van der Waals surface area contributed by atoms with Crippen LogP contribution in [0.3, 0.4) is 0 Å². The number of benzene rings is 2. The van der Waals surface area contributed by atoms with Crippen LogP contribution in [-0.4, -0.2) is 0 Å². The van der Waals surface area contributed by atoms with E-state index < -0.39 is 0 Å². The zero-order valence-electron chi connectivity index (χ0n) is 9.49. The summed E-state index contributed by atoms with van der Waals surface area (Å²) in [7, 11) is 0. The molecular weight excluding hydrogens is 272 g/mol. The van der Waals surface area contributed by atoms with Crippen LogP contribution in [0.4, 0.5) is 0 Å². The van der Waals surface area contributed by atoms with Crippen LogP contribution in [0.25, 0.3) is 17.2 Å². The maximum absolute atomic E-state index is 3.61. The van der Waals surface area contributed by atoms with Crippen LogP contribution in [0, 0.1) is 0 Å².